The Morgan fingerprint density at radius 3 is 2.53 bits per heavy atom. The summed E-state index contributed by atoms with van der Waals surface area (Å²) in [6.45, 7) is 0.586. The molecule has 1 fully saturated rings. The molecule has 15 heavy (non-hydrogen) atoms. The molecule has 0 N–H and O–H groups in total. The van der Waals surface area contributed by atoms with Gasteiger partial charge < -0.3 is 0 Å². The van der Waals surface area contributed by atoms with Crippen LogP contribution in [-0.2, 0) is 9.59 Å². The van der Waals surface area contributed by atoms with Crippen LogP contribution in [0.5, 0.6) is 0 Å². The molecule has 1 aromatic carbocycles. The topological polar surface area (TPSA) is 40.6 Å². The predicted molar refractivity (Wildman–Crippen MR) is 55.6 cm³/mol. The van der Waals surface area contributed by atoms with Gasteiger partial charge in [0.1, 0.15) is 0 Å². The molecule has 0 aromatic heterocycles. The van der Waals surface area contributed by atoms with Crippen molar-refractivity contribution in [1.82, 2.24) is 5.01 Å². The Kier molecular flexibility index (Phi) is 2.67. The largest absolute Gasteiger partial charge is 0.337 e. The van der Waals surface area contributed by atoms with Crippen LogP contribution in [0.1, 0.15) is 12.8 Å². The zero-order chi connectivity index (χ0) is 10.7. The number of carbonyl (C=O) groups is 1. The minimum atomic E-state index is -0.0257. The maximum Gasteiger partial charge on any atom is 0.337 e. The zero-order valence-electron chi connectivity index (χ0n) is 8.22. The summed E-state index contributed by atoms with van der Waals surface area (Å²) in [7, 11) is 0. The van der Waals surface area contributed by atoms with Crippen molar-refractivity contribution < 1.29 is 9.59 Å². The number of rotatable bonds is 3. The van der Waals surface area contributed by atoms with Crippen molar-refractivity contribution in [1.29, 1.82) is 0 Å². The average Bonchev–Trinajstić information content (AvgIpc) is 2.68. The molecule has 2 amide bonds. The second-order valence-corrected chi connectivity index (χ2v) is 3.36. The summed E-state index contributed by atoms with van der Waals surface area (Å²) in [6.07, 6.45) is 3.08. The molecule has 2 rings (SSSR count). The Hall–Kier alpha value is -1.84. The average molecular weight is 203 g/mol. The number of hydrogen-bond donors (Lipinski definition) is 0. The monoisotopic (exact) mass is 203 g/mol. The van der Waals surface area contributed by atoms with E-state index < -0.39 is 0 Å². The highest BCUT2D eigenvalue weighted by Crippen LogP contribution is 2.19. The van der Waals surface area contributed by atoms with E-state index in [-0.39, 0.29) is 5.91 Å². The van der Waals surface area contributed by atoms with Crippen LogP contribution in [0.2, 0.25) is 0 Å². The van der Waals surface area contributed by atoms with E-state index in [4.69, 9.17) is 0 Å². The summed E-state index contributed by atoms with van der Waals surface area (Å²) in [6, 6.07) is 9.05. The Morgan fingerprint density at radius 1 is 1.27 bits per heavy atom. The van der Waals surface area contributed by atoms with Crippen molar-refractivity contribution >= 4 is 18.0 Å². The third-order valence-corrected chi connectivity index (χ3v) is 2.38. The summed E-state index contributed by atoms with van der Waals surface area (Å²) in [5.41, 5.74) is 0.669. The van der Waals surface area contributed by atoms with Crippen LogP contribution in [0.15, 0.2) is 30.3 Å². The van der Waals surface area contributed by atoms with Gasteiger partial charge in [0.05, 0.1) is 5.69 Å². The van der Waals surface area contributed by atoms with Gasteiger partial charge in [0.25, 0.3) is 0 Å². The third-order valence-electron chi connectivity index (χ3n) is 2.38. The number of hydrogen-bond acceptors (Lipinski definition) is 2. The molecule has 1 heterocycles. The molecule has 4 nitrogen and oxygen atoms in total. The van der Waals surface area contributed by atoms with Gasteiger partial charge in [-0.2, -0.15) is 0 Å². The number of nitrogens with zero attached hydrogens (tertiary/aromatic N) is 2. The number of benzene rings is 1. The normalized spacial score (nSPS) is 15.5. The molecule has 0 saturated carbocycles. The van der Waals surface area contributed by atoms with E-state index >= 15 is 0 Å². The van der Waals surface area contributed by atoms with Gasteiger partial charge in [0, 0.05) is 13.0 Å². The van der Waals surface area contributed by atoms with Crippen LogP contribution in [0.25, 0.3) is 0 Å². The number of anilines is 1. The molecule has 77 valence electrons. The van der Waals surface area contributed by atoms with Crippen molar-refractivity contribution in [2.75, 3.05) is 11.6 Å². The van der Waals surface area contributed by atoms with E-state index in [1.54, 1.807) is 18.5 Å². The van der Waals surface area contributed by atoms with Gasteiger partial charge in [0.2, 0.25) is 5.91 Å². The minimum Gasteiger partial charge on any atom is -0.273 e. The van der Waals surface area contributed by atoms with E-state index in [0.29, 0.717) is 18.7 Å². The lowest BCUT2D eigenvalue weighted by molar-refractivity contribution is -0.127. The first-order chi connectivity index (χ1) is 7.33. The van der Waals surface area contributed by atoms with Gasteiger partial charge in [0.15, 0.2) is 0 Å². The van der Waals surface area contributed by atoms with E-state index in [1.807, 2.05) is 18.2 Å². The van der Waals surface area contributed by atoms with Crippen molar-refractivity contribution in [3.05, 3.63) is 30.3 Å². The first-order valence-corrected chi connectivity index (χ1v) is 4.86. The molecule has 1 aliphatic rings. The molecule has 1 saturated heterocycles. The lowest BCUT2D eigenvalue weighted by atomic mass is 10.3. The molecular formula is C11H11N2O2. The fraction of sp³-hybridized carbons (Fsp3) is 0.273. The first-order valence-electron chi connectivity index (χ1n) is 4.86. The van der Waals surface area contributed by atoms with Crippen molar-refractivity contribution in [3.63, 3.8) is 0 Å². The first kappa shape index (κ1) is 9.71. The molecule has 0 aliphatic carbocycles. The quantitative estimate of drug-likeness (QED) is 0.690. The number of carbonyl (C=O) groups excluding carboxylic acids is 2. The molecule has 1 radical (unpaired) electrons. The second-order valence-electron chi connectivity index (χ2n) is 3.36. The highest BCUT2D eigenvalue weighted by molar-refractivity contribution is 5.86. The third kappa shape index (κ3) is 1.83. The zero-order valence-corrected chi connectivity index (χ0v) is 8.22. The number of para-hydroxylation sites is 1. The van der Waals surface area contributed by atoms with Gasteiger partial charge in [-0.3, -0.25) is 9.59 Å². The summed E-state index contributed by atoms with van der Waals surface area (Å²) in [5.74, 6) is -0.0257. The van der Waals surface area contributed by atoms with Gasteiger partial charge in [-0.15, -0.1) is 0 Å². The number of amides is 2. The van der Waals surface area contributed by atoms with Crippen LogP contribution in [0, 0.1) is 0 Å². The van der Waals surface area contributed by atoms with Crippen molar-refractivity contribution in [3.8, 4) is 0 Å². The Labute approximate surface area is 88.1 Å². The highest BCUT2D eigenvalue weighted by Gasteiger charge is 2.26. The summed E-state index contributed by atoms with van der Waals surface area (Å²) < 4.78 is 0. The van der Waals surface area contributed by atoms with Gasteiger partial charge in [-0.1, -0.05) is 18.2 Å². The Balaban J connectivity index is 2.24. The fourth-order valence-electron chi connectivity index (χ4n) is 1.66. The highest BCUT2D eigenvalue weighted by atomic mass is 16.2. The molecule has 0 atom stereocenters. The van der Waals surface area contributed by atoms with Crippen molar-refractivity contribution in [2.24, 2.45) is 0 Å². The smallest absolute Gasteiger partial charge is 0.273 e. The van der Waals surface area contributed by atoms with E-state index in [2.05, 4.69) is 0 Å². The number of hydrazine groups is 1. The molecule has 1 aliphatic heterocycles. The summed E-state index contributed by atoms with van der Waals surface area (Å²) in [5, 5.41) is 2.68. The van der Waals surface area contributed by atoms with Crippen LogP contribution >= 0.6 is 0 Å². The molecule has 4 heteroatoms. The Bertz CT molecular complexity index is 364. The van der Waals surface area contributed by atoms with E-state index in [9.17, 15) is 9.59 Å². The van der Waals surface area contributed by atoms with Crippen LogP contribution in [0.4, 0.5) is 5.69 Å². The second kappa shape index (κ2) is 4.13. The molecule has 0 spiro atoms. The van der Waals surface area contributed by atoms with E-state index in [1.165, 1.54) is 10.0 Å². The fourth-order valence-corrected chi connectivity index (χ4v) is 1.66. The lowest BCUT2D eigenvalue weighted by Gasteiger charge is -2.26. The molecule has 1 aromatic rings. The van der Waals surface area contributed by atoms with Crippen LogP contribution < -0.4 is 5.01 Å². The molecular weight excluding hydrogens is 192 g/mol. The van der Waals surface area contributed by atoms with E-state index in [0.717, 1.165) is 6.42 Å². The van der Waals surface area contributed by atoms with Gasteiger partial charge >= 0.3 is 6.41 Å². The maximum absolute atomic E-state index is 11.5. The summed E-state index contributed by atoms with van der Waals surface area (Å²) in [4.78, 5) is 22.3. The standard InChI is InChI=1S/C11H11N2O2/c14-9-13(10-5-2-1-3-6-10)12-8-4-7-11(12)15/h1-3,5-6H,4,7-8H2. The molecule has 0 bridgehead atoms. The van der Waals surface area contributed by atoms with Gasteiger partial charge in [-0.25, -0.2) is 10.0 Å². The van der Waals surface area contributed by atoms with Gasteiger partial charge in [-0.05, 0) is 18.6 Å². The lowest BCUT2D eigenvalue weighted by Crippen LogP contribution is -2.42. The minimum absolute atomic E-state index is 0.0257. The van der Waals surface area contributed by atoms with Crippen LogP contribution in [-0.4, -0.2) is 23.9 Å². The predicted octanol–water partition coefficient (Wildman–Crippen LogP) is 1.10. The Morgan fingerprint density at radius 2 is 2.00 bits per heavy atom. The summed E-state index contributed by atoms with van der Waals surface area (Å²) >= 11 is 0. The maximum atomic E-state index is 11.5. The van der Waals surface area contributed by atoms with Crippen LogP contribution in [0.3, 0.4) is 0 Å². The van der Waals surface area contributed by atoms with Crippen molar-refractivity contribution in [2.45, 2.75) is 12.8 Å². The molecule has 0 unspecified atom stereocenters. The SMILES string of the molecule is O=[C]N(c1ccccc1)N1CCCC1=O.